The molecular weight excluding hydrogens is 128 g/mol. The van der Waals surface area contributed by atoms with Gasteiger partial charge in [-0.15, -0.1) is 0 Å². The lowest BCUT2D eigenvalue weighted by atomic mass is 10.1. The zero-order valence-electron chi connectivity index (χ0n) is 6.60. The lowest BCUT2D eigenvalue weighted by Crippen LogP contribution is -2.03. The SMILES string of the molecule is C=C(C(=O)OC)/C(C)=C/C. The van der Waals surface area contributed by atoms with E-state index in [1.807, 2.05) is 19.9 Å². The van der Waals surface area contributed by atoms with Gasteiger partial charge in [0.1, 0.15) is 0 Å². The van der Waals surface area contributed by atoms with Gasteiger partial charge >= 0.3 is 5.97 Å². The van der Waals surface area contributed by atoms with Gasteiger partial charge in [-0.25, -0.2) is 4.79 Å². The summed E-state index contributed by atoms with van der Waals surface area (Å²) in [5.74, 6) is -0.365. The molecule has 0 aliphatic carbocycles. The van der Waals surface area contributed by atoms with E-state index < -0.39 is 0 Å². The van der Waals surface area contributed by atoms with Crippen molar-refractivity contribution >= 4 is 5.97 Å². The van der Waals surface area contributed by atoms with Crippen LogP contribution < -0.4 is 0 Å². The van der Waals surface area contributed by atoms with Gasteiger partial charge in [0.15, 0.2) is 0 Å². The molecule has 0 aromatic heterocycles. The first-order chi connectivity index (χ1) is 4.63. The molecule has 0 bridgehead atoms. The van der Waals surface area contributed by atoms with E-state index in [1.165, 1.54) is 7.11 Å². The van der Waals surface area contributed by atoms with E-state index in [2.05, 4.69) is 11.3 Å². The minimum absolute atomic E-state index is 0.365. The number of methoxy groups -OCH3 is 1. The Bertz CT molecular complexity index is 178. The second-order valence-electron chi connectivity index (χ2n) is 1.94. The molecule has 0 saturated carbocycles. The third-order valence-corrected chi connectivity index (χ3v) is 1.34. The molecule has 0 aliphatic heterocycles. The molecule has 0 amide bonds. The summed E-state index contributed by atoms with van der Waals surface area (Å²) in [6.07, 6.45) is 1.82. The Kier molecular flexibility index (Phi) is 3.47. The monoisotopic (exact) mass is 140 g/mol. The molecule has 0 atom stereocenters. The molecule has 56 valence electrons. The average molecular weight is 140 g/mol. The molecule has 0 fully saturated rings. The lowest BCUT2D eigenvalue weighted by molar-refractivity contribution is -0.135. The number of hydrogen-bond donors (Lipinski definition) is 0. The van der Waals surface area contributed by atoms with Crippen LogP contribution in [0.4, 0.5) is 0 Å². The predicted octanol–water partition coefficient (Wildman–Crippen LogP) is 1.68. The Morgan fingerprint density at radius 3 is 2.40 bits per heavy atom. The summed E-state index contributed by atoms with van der Waals surface area (Å²) in [6.45, 7) is 7.22. The second kappa shape index (κ2) is 3.88. The Labute approximate surface area is 61.2 Å². The van der Waals surface area contributed by atoms with Gasteiger partial charge in [-0.3, -0.25) is 0 Å². The van der Waals surface area contributed by atoms with Gasteiger partial charge < -0.3 is 4.74 Å². The molecule has 0 aromatic carbocycles. The largest absolute Gasteiger partial charge is 0.465 e. The quantitative estimate of drug-likeness (QED) is 0.331. The third-order valence-electron chi connectivity index (χ3n) is 1.34. The first kappa shape index (κ1) is 8.95. The van der Waals surface area contributed by atoms with Crippen molar-refractivity contribution in [2.24, 2.45) is 0 Å². The van der Waals surface area contributed by atoms with E-state index in [9.17, 15) is 4.79 Å². The topological polar surface area (TPSA) is 26.3 Å². The molecule has 0 spiro atoms. The van der Waals surface area contributed by atoms with E-state index in [0.717, 1.165) is 5.57 Å². The molecule has 0 N–H and O–H groups in total. The van der Waals surface area contributed by atoms with Crippen molar-refractivity contribution in [2.75, 3.05) is 7.11 Å². The minimum atomic E-state index is -0.365. The molecule has 0 unspecified atom stereocenters. The van der Waals surface area contributed by atoms with Gasteiger partial charge in [-0.05, 0) is 19.4 Å². The van der Waals surface area contributed by atoms with Gasteiger partial charge in [-0.1, -0.05) is 12.7 Å². The first-order valence-corrected chi connectivity index (χ1v) is 3.04. The molecule has 2 nitrogen and oxygen atoms in total. The summed E-state index contributed by atoms with van der Waals surface area (Å²) >= 11 is 0. The highest BCUT2D eigenvalue weighted by atomic mass is 16.5. The van der Waals surface area contributed by atoms with Gasteiger partial charge in [0.05, 0.1) is 12.7 Å². The molecule has 10 heavy (non-hydrogen) atoms. The highest BCUT2D eigenvalue weighted by Crippen LogP contribution is 2.06. The summed E-state index contributed by atoms with van der Waals surface area (Å²) < 4.78 is 4.46. The van der Waals surface area contributed by atoms with E-state index in [1.54, 1.807) is 0 Å². The molecule has 0 radical (unpaired) electrons. The smallest absolute Gasteiger partial charge is 0.337 e. The standard InChI is InChI=1S/C8H12O2/c1-5-6(2)7(3)8(9)10-4/h5H,3H2,1-2,4H3/b6-5+. The number of rotatable bonds is 2. The van der Waals surface area contributed by atoms with Crippen molar-refractivity contribution in [3.05, 3.63) is 23.8 Å². The Morgan fingerprint density at radius 2 is 2.10 bits per heavy atom. The van der Waals surface area contributed by atoms with E-state index in [-0.39, 0.29) is 5.97 Å². The maximum atomic E-state index is 10.7. The van der Waals surface area contributed by atoms with Crippen LogP contribution in [0, 0.1) is 0 Å². The summed E-state index contributed by atoms with van der Waals surface area (Å²) in [7, 11) is 1.34. The number of carbonyl (C=O) groups is 1. The van der Waals surface area contributed by atoms with Crippen LogP contribution in [-0.4, -0.2) is 13.1 Å². The van der Waals surface area contributed by atoms with Crippen LogP contribution in [0.1, 0.15) is 13.8 Å². The number of ether oxygens (including phenoxy) is 1. The third kappa shape index (κ3) is 2.05. The van der Waals surface area contributed by atoms with Crippen LogP contribution >= 0.6 is 0 Å². The fraction of sp³-hybridized carbons (Fsp3) is 0.375. The van der Waals surface area contributed by atoms with E-state index in [4.69, 9.17) is 0 Å². The van der Waals surface area contributed by atoms with Gasteiger partial charge in [0.25, 0.3) is 0 Å². The summed E-state index contributed by atoms with van der Waals surface area (Å²) in [5.41, 5.74) is 1.27. The zero-order chi connectivity index (χ0) is 8.15. The molecule has 0 aliphatic rings. The fourth-order valence-electron chi connectivity index (χ4n) is 0.458. The van der Waals surface area contributed by atoms with Crippen molar-refractivity contribution in [3.63, 3.8) is 0 Å². The molecule has 0 heterocycles. The maximum absolute atomic E-state index is 10.7. The molecule has 0 saturated heterocycles. The van der Waals surface area contributed by atoms with Crippen molar-refractivity contribution < 1.29 is 9.53 Å². The van der Waals surface area contributed by atoms with Crippen LogP contribution in [0.25, 0.3) is 0 Å². The summed E-state index contributed by atoms with van der Waals surface area (Å²) in [6, 6.07) is 0. The number of carbonyl (C=O) groups excluding carboxylic acids is 1. The first-order valence-electron chi connectivity index (χ1n) is 3.04. The van der Waals surface area contributed by atoms with Crippen LogP contribution in [0.5, 0.6) is 0 Å². The lowest BCUT2D eigenvalue weighted by Gasteiger charge is -2.01. The van der Waals surface area contributed by atoms with Crippen LogP contribution in [0.2, 0.25) is 0 Å². The van der Waals surface area contributed by atoms with Crippen molar-refractivity contribution in [1.82, 2.24) is 0 Å². The number of allylic oxidation sites excluding steroid dienone is 1. The van der Waals surface area contributed by atoms with Crippen molar-refractivity contribution in [3.8, 4) is 0 Å². The fourth-order valence-corrected chi connectivity index (χ4v) is 0.458. The van der Waals surface area contributed by atoms with Gasteiger partial charge in [0.2, 0.25) is 0 Å². The van der Waals surface area contributed by atoms with Crippen LogP contribution in [0.15, 0.2) is 23.8 Å². The normalized spacial score (nSPS) is 10.9. The maximum Gasteiger partial charge on any atom is 0.337 e. The van der Waals surface area contributed by atoms with E-state index >= 15 is 0 Å². The second-order valence-corrected chi connectivity index (χ2v) is 1.94. The molecular formula is C8H12O2. The van der Waals surface area contributed by atoms with Gasteiger partial charge in [0, 0.05) is 0 Å². The number of hydrogen-bond acceptors (Lipinski definition) is 2. The summed E-state index contributed by atoms with van der Waals surface area (Å²) in [4.78, 5) is 10.7. The number of esters is 1. The highest BCUT2D eigenvalue weighted by molar-refractivity contribution is 5.92. The van der Waals surface area contributed by atoms with E-state index in [0.29, 0.717) is 5.57 Å². The Morgan fingerprint density at radius 1 is 1.60 bits per heavy atom. The van der Waals surface area contributed by atoms with Crippen LogP contribution in [-0.2, 0) is 9.53 Å². The molecule has 0 rings (SSSR count). The summed E-state index contributed by atoms with van der Waals surface area (Å²) in [5, 5.41) is 0. The van der Waals surface area contributed by atoms with Gasteiger partial charge in [-0.2, -0.15) is 0 Å². The molecule has 0 aromatic rings. The minimum Gasteiger partial charge on any atom is -0.465 e. The predicted molar refractivity (Wildman–Crippen MR) is 40.6 cm³/mol. The van der Waals surface area contributed by atoms with Crippen molar-refractivity contribution in [2.45, 2.75) is 13.8 Å². The Hall–Kier alpha value is -1.05. The Balaban J connectivity index is 4.23. The van der Waals surface area contributed by atoms with Crippen molar-refractivity contribution in [1.29, 1.82) is 0 Å². The zero-order valence-corrected chi connectivity index (χ0v) is 6.60. The average Bonchev–Trinajstić information content (AvgIpc) is 2.00. The van der Waals surface area contributed by atoms with Crippen LogP contribution in [0.3, 0.4) is 0 Å². The highest BCUT2D eigenvalue weighted by Gasteiger charge is 2.06. The molecule has 2 heteroatoms.